The summed E-state index contributed by atoms with van der Waals surface area (Å²) in [5, 5.41) is 9.80. The van der Waals surface area contributed by atoms with Crippen LogP contribution in [-0.2, 0) is 22.7 Å². The fourth-order valence-electron chi connectivity index (χ4n) is 7.75. The summed E-state index contributed by atoms with van der Waals surface area (Å²) in [7, 11) is 0. The number of aromatic nitrogens is 1. The molecule has 240 valence electrons. The van der Waals surface area contributed by atoms with Gasteiger partial charge in [-0.25, -0.2) is 4.79 Å². The number of carbonyl (C=O) groups excluding carboxylic acids is 1. The third-order valence-electron chi connectivity index (χ3n) is 9.97. The van der Waals surface area contributed by atoms with Crippen LogP contribution in [0.25, 0.3) is 21.5 Å². The molecule has 2 aromatic carbocycles. The number of amides is 1. The van der Waals surface area contributed by atoms with Gasteiger partial charge in [0.15, 0.2) is 0 Å². The third kappa shape index (κ3) is 5.31. The Hall–Kier alpha value is -4.02. The number of aromatic carboxylic acids is 1. The molecule has 2 aromatic heterocycles. The maximum atomic E-state index is 12.5. The number of morpholine rings is 1. The average molecular weight is 642 g/mol. The Labute approximate surface area is 272 Å². The highest BCUT2D eigenvalue weighted by atomic mass is 32.1. The number of carbonyl (C=O) groups is 2. The van der Waals surface area contributed by atoms with Gasteiger partial charge in [-0.3, -0.25) is 4.79 Å². The van der Waals surface area contributed by atoms with Gasteiger partial charge >= 0.3 is 5.97 Å². The van der Waals surface area contributed by atoms with E-state index in [1.54, 1.807) is 0 Å². The Kier molecular flexibility index (Phi) is 7.86. The van der Waals surface area contributed by atoms with E-state index in [1.165, 1.54) is 41.9 Å². The first-order valence-electron chi connectivity index (χ1n) is 16.6. The molecule has 1 saturated carbocycles. The lowest BCUT2D eigenvalue weighted by molar-refractivity contribution is -0.117. The minimum absolute atomic E-state index is 0.172. The van der Waals surface area contributed by atoms with E-state index in [9.17, 15) is 14.7 Å². The van der Waals surface area contributed by atoms with Crippen LogP contribution in [0.15, 0.2) is 42.5 Å². The minimum atomic E-state index is -0.869. The Balaban J connectivity index is 1.13. The quantitative estimate of drug-likeness (QED) is 0.231. The van der Waals surface area contributed by atoms with Crippen molar-refractivity contribution >= 4 is 44.8 Å². The Morgan fingerprint density at radius 3 is 2.59 bits per heavy atom. The van der Waals surface area contributed by atoms with E-state index in [2.05, 4.69) is 33.7 Å². The number of nitrogens with zero attached hydrogens (tertiary/aromatic N) is 3. The molecule has 3 fully saturated rings. The van der Waals surface area contributed by atoms with E-state index >= 15 is 0 Å². The normalized spacial score (nSPS) is 18.7. The van der Waals surface area contributed by atoms with Crippen LogP contribution in [-0.4, -0.2) is 61.0 Å². The second-order valence-electron chi connectivity index (χ2n) is 12.7. The highest BCUT2D eigenvalue weighted by Crippen LogP contribution is 2.49. The molecule has 3 aliphatic heterocycles. The zero-order valence-electron chi connectivity index (χ0n) is 26.0. The Morgan fingerprint density at radius 1 is 0.957 bits per heavy atom. The molecule has 0 spiro atoms. The van der Waals surface area contributed by atoms with Gasteiger partial charge in [-0.05, 0) is 67.1 Å². The Bertz CT molecular complexity index is 1800. The summed E-state index contributed by atoms with van der Waals surface area (Å²) in [5.74, 6) is 1.23. The second-order valence-corrected chi connectivity index (χ2v) is 13.8. The lowest BCUT2D eigenvalue weighted by Crippen LogP contribution is -2.37. The molecular weight excluding hydrogens is 602 g/mol. The summed E-state index contributed by atoms with van der Waals surface area (Å²) >= 11 is 1.41. The maximum absolute atomic E-state index is 12.5. The predicted molar refractivity (Wildman–Crippen MR) is 179 cm³/mol. The van der Waals surface area contributed by atoms with Gasteiger partial charge in [-0.15, -0.1) is 11.3 Å². The van der Waals surface area contributed by atoms with Crippen LogP contribution in [0.2, 0.25) is 0 Å². The number of carboxylic acids is 1. The SMILES string of the molecule is O=C(O)c1cc2c(s1)c(C1CCCCC1)c1n2CCOc2cc(OCc3cc(N4CCCC4=O)ccc3N3CCOCC3)ccc2-1. The van der Waals surface area contributed by atoms with Crippen LogP contribution in [0.5, 0.6) is 11.5 Å². The maximum Gasteiger partial charge on any atom is 0.345 e. The zero-order chi connectivity index (χ0) is 31.2. The van der Waals surface area contributed by atoms with Crippen molar-refractivity contribution in [1.82, 2.24) is 4.57 Å². The minimum Gasteiger partial charge on any atom is -0.491 e. The van der Waals surface area contributed by atoms with E-state index < -0.39 is 5.97 Å². The van der Waals surface area contributed by atoms with E-state index in [0.717, 1.165) is 83.1 Å². The van der Waals surface area contributed by atoms with Gasteiger partial charge in [0.25, 0.3) is 0 Å². The predicted octanol–water partition coefficient (Wildman–Crippen LogP) is 7.05. The van der Waals surface area contributed by atoms with Crippen LogP contribution < -0.4 is 19.3 Å². The molecule has 4 aliphatic rings. The molecule has 1 aliphatic carbocycles. The molecule has 8 rings (SSSR count). The topological polar surface area (TPSA) is 93.5 Å². The second kappa shape index (κ2) is 12.3. The molecule has 10 heteroatoms. The zero-order valence-corrected chi connectivity index (χ0v) is 26.8. The van der Waals surface area contributed by atoms with Crippen molar-refractivity contribution in [1.29, 1.82) is 0 Å². The van der Waals surface area contributed by atoms with Crippen LogP contribution in [0.3, 0.4) is 0 Å². The first-order chi connectivity index (χ1) is 22.5. The van der Waals surface area contributed by atoms with Crippen LogP contribution >= 0.6 is 11.3 Å². The van der Waals surface area contributed by atoms with Crippen LogP contribution in [0.1, 0.15) is 71.7 Å². The molecule has 5 heterocycles. The van der Waals surface area contributed by atoms with E-state index in [-0.39, 0.29) is 5.91 Å². The van der Waals surface area contributed by atoms with Gasteiger partial charge in [0, 0.05) is 54.6 Å². The largest absolute Gasteiger partial charge is 0.491 e. The third-order valence-corrected chi connectivity index (χ3v) is 11.1. The van der Waals surface area contributed by atoms with E-state index in [1.807, 2.05) is 23.1 Å². The molecule has 0 bridgehead atoms. The van der Waals surface area contributed by atoms with Crippen molar-refractivity contribution in [2.75, 3.05) is 49.3 Å². The first kappa shape index (κ1) is 29.4. The van der Waals surface area contributed by atoms with Gasteiger partial charge < -0.3 is 33.7 Å². The summed E-state index contributed by atoms with van der Waals surface area (Å²) in [6.07, 6.45) is 7.37. The lowest BCUT2D eigenvalue weighted by atomic mass is 9.83. The number of thiophene rings is 1. The number of fused-ring (bicyclic) bond motifs is 5. The van der Waals surface area contributed by atoms with Crippen molar-refractivity contribution in [2.24, 2.45) is 0 Å². The molecule has 4 aromatic rings. The smallest absolute Gasteiger partial charge is 0.345 e. The Morgan fingerprint density at radius 2 is 1.80 bits per heavy atom. The molecule has 2 saturated heterocycles. The first-order valence-corrected chi connectivity index (χ1v) is 17.4. The highest BCUT2D eigenvalue weighted by molar-refractivity contribution is 7.21. The number of rotatable bonds is 7. The molecular formula is C36H39N3O6S. The molecule has 0 unspecified atom stereocenters. The van der Waals surface area contributed by atoms with Gasteiger partial charge in [0.05, 0.1) is 35.7 Å². The number of ether oxygens (including phenoxy) is 3. The molecule has 0 atom stereocenters. The fraction of sp³-hybridized carbons (Fsp3) is 0.444. The molecule has 1 amide bonds. The summed E-state index contributed by atoms with van der Waals surface area (Å²) in [5.41, 5.74) is 7.57. The summed E-state index contributed by atoms with van der Waals surface area (Å²) in [4.78, 5) is 29.1. The summed E-state index contributed by atoms with van der Waals surface area (Å²) in [6.45, 7) is 5.26. The van der Waals surface area contributed by atoms with Gasteiger partial charge in [0.1, 0.15) is 29.6 Å². The number of carboxylic acid groups (broad SMARTS) is 1. The average Bonchev–Trinajstić information content (AvgIpc) is 3.76. The monoisotopic (exact) mass is 641 g/mol. The van der Waals surface area contributed by atoms with Crippen molar-refractivity contribution in [3.8, 4) is 22.8 Å². The molecule has 1 N–H and O–H groups in total. The van der Waals surface area contributed by atoms with E-state index in [4.69, 9.17) is 14.2 Å². The number of hydrogen-bond donors (Lipinski definition) is 1. The molecule has 0 radical (unpaired) electrons. The van der Waals surface area contributed by atoms with Crippen molar-refractivity contribution in [3.63, 3.8) is 0 Å². The van der Waals surface area contributed by atoms with Crippen molar-refractivity contribution < 1.29 is 28.9 Å². The molecule has 46 heavy (non-hydrogen) atoms. The summed E-state index contributed by atoms with van der Waals surface area (Å²) in [6, 6.07) is 14.3. The number of benzene rings is 2. The van der Waals surface area contributed by atoms with Crippen LogP contribution in [0, 0.1) is 0 Å². The molecule has 9 nitrogen and oxygen atoms in total. The van der Waals surface area contributed by atoms with Gasteiger partial charge in [-0.1, -0.05) is 19.3 Å². The van der Waals surface area contributed by atoms with Crippen LogP contribution in [0.4, 0.5) is 11.4 Å². The highest BCUT2D eigenvalue weighted by Gasteiger charge is 2.31. The van der Waals surface area contributed by atoms with Crippen molar-refractivity contribution in [3.05, 3.63) is 58.5 Å². The standard InChI is InChI=1S/C36H39N3O6S/c40-32-7-4-12-38(32)25-8-11-28(37-13-16-43-17-14-37)24(19-25)22-45-26-9-10-27-30(20-26)44-18-15-39-29-21-31(36(41)42)46-35(29)33(34(27)39)23-5-2-1-3-6-23/h8-11,19-21,23H,1-7,12-18,22H2,(H,41,42). The lowest BCUT2D eigenvalue weighted by Gasteiger charge is -2.31. The van der Waals surface area contributed by atoms with Gasteiger partial charge in [-0.2, -0.15) is 0 Å². The van der Waals surface area contributed by atoms with Crippen molar-refractivity contribution in [2.45, 2.75) is 64.0 Å². The van der Waals surface area contributed by atoms with Gasteiger partial charge in [0.2, 0.25) is 5.91 Å². The summed E-state index contributed by atoms with van der Waals surface area (Å²) < 4.78 is 21.9. The number of hydrogen-bond acceptors (Lipinski definition) is 7. The number of anilines is 2. The fourth-order valence-corrected chi connectivity index (χ4v) is 8.88. The van der Waals surface area contributed by atoms with E-state index in [0.29, 0.717) is 50.2 Å².